The second kappa shape index (κ2) is 5.73. The molecule has 0 amide bonds. The molecule has 0 spiro atoms. The molecule has 0 fully saturated rings. The van der Waals surface area contributed by atoms with E-state index in [1.54, 1.807) is 6.07 Å². The third kappa shape index (κ3) is 3.01. The van der Waals surface area contributed by atoms with E-state index < -0.39 is 18.0 Å². The van der Waals surface area contributed by atoms with Gasteiger partial charge in [0.05, 0.1) is 25.2 Å². The molecule has 3 nitrogen and oxygen atoms in total. The summed E-state index contributed by atoms with van der Waals surface area (Å²) in [6.07, 6.45) is -3.12. The number of ether oxygens (including phenoxy) is 1. The highest BCUT2D eigenvalue weighted by molar-refractivity contribution is 9.10. The average Bonchev–Trinajstić information content (AvgIpc) is 2.30. The van der Waals surface area contributed by atoms with Gasteiger partial charge in [0.2, 0.25) is 0 Å². The average molecular weight is 304 g/mol. The molecule has 1 rings (SSSR count). The van der Waals surface area contributed by atoms with Gasteiger partial charge in [0.1, 0.15) is 0 Å². The summed E-state index contributed by atoms with van der Waals surface area (Å²) in [4.78, 5) is 11.1. The molecule has 0 saturated carbocycles. The van der Waals surface area contributed by atoms with Crippen molar-refractivity contribution in [3.63, 3.8) is 0 Å². The van der Waals surface area contributed by atoms with Gasteiger partial charge >= 0.3 is 5.97 Å². The van der Waals surface area contributed by atoms with E-state index in [0.29, 0.717) is 4.47 Å². The third-order valence-corrected chi connectivity index (χ3v) is 2.93. The second-order valence-electron chi connectivity index (χ2n) is 3.15. The van der Waals surface area contributed by atoms with Crippen LogP contribution in [0.4, 0.5) is 8.78 Å². The zero-order valence-electron chi connectivity index (χ0n) is 8.84. The molecule has 17 heavy (non-hydrogen) atoms. The number of nitriles is 1. The number of hydrogen-bond acceptors (Lipinski definition) is 3. The summed E-state index contributed by atoms with van der Waals surface area (Å²) in [5.41, 5.74) is -0.472. The predicted octanol–water partition coefficient (Wildman–Crippen LogP) is 2.97. The first kappa shape index (κ1) is 13.6. The summed E-state index contributed by atoms with van der Waals surface area (Å²) in [6.45, 7) is 0. The Morgan fingerprint density at radius 3 is 2.71 bits per heavy atom. The Kier molecular flexibility index (Phi) is 4.58. The molecule has 1 aromatic carbocycles. The molecule has 0 bridgehead atoms. The molecule has 0 saturated heterocycles. The molecular weight excluding hydrogens is 296 g/mol. The van der Waals surface area contributed by atoms with Gasteiger partial charge in [-0.3, -0.25) is 4.79 Å². The van der Waals surface area contributed by atoms with Crippen LogP contribution >= 0.6 is 15.9 Å². The first-order chi connectivity index (χ1) is 8.01. The highest BCUT2D eigenvalue weighted by Gasteiger charge is 2.22. The number of rotatable bonds is 3. The van der Waals surface area contributed by atoms with Gasteiger partial charge in [-0.05, 0) is 17.7 Å². The molecule has 6 heteroatoms. The Hall–Kier alpha value is -1.48. The van der Waals surface area contributed by atoms with Gasteiger partial charge in [0, 0.05) is 10.0 Å². The number of halogens is 3. The molecule has 1 aromatic rings. The highest BCUT2D eigenvalue weighted by atomic mass is 79.9. The monoisotopic (exact) mass is 303 g/mol. The topological polar surface area (TPSA) is 50.1 Å². The lowest BCUT2D eigenvalue weighted by atomic mass is 9.99. The minimum atomic E-state index is -2.82. The zero-order chi connectivity index (χ0) is 13.0. The lowest BCUT2D eigenvalue weighted by Gasteiger charge is -2.11. The lowest BCUT2D eigenvalue weighted by molar-refractivity contribution is -0.139. The van der Waals surface area contributed by atoms with Crippen molar-refractivity contribution in [1.29, 1.82) is 5.26 Å². The number of alkyl halides is 2. The van der Waals surface area contributed by atoms with E-state index in [0.717, 1.165) is 0 Å². The summed E-state index contributed by atoms with van der Waals surface area (Å²) >= 11 is 3.09. The Morgan fingerprint density at radius 1 is 1.59 bits per heavy atom. The number of carbonyl (C=O) groups excluding carboxylic acids is 1. The van der Waals surface area contributed by atoms with Gasteiger partial charge in [0.25, 0.3) is 6.43 Å². The summed E-state index contributed by atoms with van der Waals surface area (Å²) in [5, 5.41) is 8.76. The molecule has 0 aliphatic rings. The minimum absolute atomic E-state index is 0.0888. The van der Waals surface area contributed by atoms with Gasteiger partial charge in [0.15, 0.2) is 0 Å². The molecule has 0 aliphatic heterocycles. The number of methoxy groups -OCH3 is 1. The number of carbonyl (C=O) groups is 1. The fourth-order valence-corrected chi connectivity index (χ4v) is 1.87. The van der Waals surface area contributed by atoms with E-state index >= 15 is 0 Å². The van der Waals surface area contributed by atoms with Crippen LogP contribution in [0.25, 0.3) is 0 Å². The van der Waals surface area contributed by atoms with Crippen molar-refractivity contribution in [3.05, 3.63) is 33.3 Å². The SMILES string of the molecule is COC(=O)Cc1c(Br)ccc(C#N)c1C(F)F. The van der Waals surface area contributed by atoms with Crippen LogP contribution in [0.5, 0.6) is 0 Å². The lowest BCUT2D eigenvalue weighted by Crippen LogP contribution is -2.09. The van der Waals surface area contributed by atoms with Crippen molar-refractivity contribution >= 4 is 21.9 Å². The Morgan fingerprint density at radius 2 is 2.24 bits per heavy atom. The predicted molar refractivity (Wildman–Crippen MR) is 59.5 cm³/mol. The number of esters is 1. The van der Waals surface area contributed by atoms with E-state index in [2.05, 4.69) is 20.7 Å². The maximum Gasteiger partial charge on any atom is 0.310 e. The second-order valence-corrected chi connectivity index (χ2v) is 4.01. The van der Waals surface area contributed by atoms with Crippen LogP contribution in [0.1, 0.15) is 23.1 Å². The standard InChI is InChI=1S/C11H8BrF2NO2/c1-17-9(16)4-7-8(12)3-2-6(5-15)10(7)11(13)14/h2-3,11H,4H2,1H3. The molecule has 0 heterocycles. The van der Waals surface area contributed by atoms with Gasteiger partial charge < -0.3 is 4.74 Å². The van der Waals surface area contributed by atoms with E-state index in [9.17, 15) is 13.6 Å². The molecule has 0 radical (unpaired) electrons. The van der Waals surface area contributed by atoms with Crippen LogP contribution in [0, 0.1) is 11.3 Å². The smallest absolute Gasteiger partial charge is 0.310 e. The van der Waals surface area contributed by atoms with Crippen molar-refractivity contribution in [2.45, 2.75) is 12.8 Å². The molecule has 0 aromatic heterocycles. The van der Waals surface area contributed by atoms with Crippen molar-refractivity contribution in [1.82, 2.24) is 0 Å². The van der Waals surface area contributed by atoms with Crippen LogP contribution < -0.4 is 0 Å². The van der Waals surface area contributed by atoms with Crippen LogP contribution in [0.2, 0.25) is 0 Å². The number of benzene rings is 1. The van der Waals surface area contributed by atoms with Crippen molar-refractivity contribution in [2.24, 2.45) is 0 Å². The molecule has 0 aliphatic carbocycles. The maximum atomic E-state index is 12.9. The first-order valence-corrected chi connectivity index (χ1v) is 5.36. The maximum absolute atomic E-state index is 12.9. The third-order valence-electron chi connectivity index (χ3n) is 2.19. The highest BCUT2D eigenvalue weighted by Crippen LogP contribution is 2.32. The van der Waals surface area contributed by atoms with E-state index in [-0.39, 0.29) is 17.5 Å². The normalized spacial score (nSPS) is 10.1. The van der Waals surface area contributed by atoms with Gasteiger partial charge in [-0.1, -0.05) is 15.9 Å². The van der Waals surface area contributed by atoms with Crippen molar-refractivity contribution in [3.8, 4) is 6.07 Å². The van der Waals surface area contributed by atoms with E-state index in [1.165, 1.54) is 19.2 Å². The molecule has 0 N–H and O–H groups in total. The quantitative estimate of drug-likeness (QED) is 0.807. The zero-order valence-corrected chi connectivity index (χ0v) is 10.4. The summed E-state index contributed by atoms with van der Waals surface area (Å²) < 4.78 is 30.6. The number of nitrogens with zero attached hydrogens (tertiary/aromatic N) is 1. The van der Waals surface area contributed by atoms with E-state index in [4.69, 9.17) is 5.26 Å². The van der Waals surface area contributed by atoms with Crippen LogP contribution in [-0.2, 0) is 16.0 Å². The number of hydrogen-bond donors (Lipinski definition) is 0. The molecule has 0 atom stereocenters. The van der Waals surface area contributed by atoms with Gasteiger partial charge in [-0.15, -0.1) is 0 Å². The molecule has 90 valence electrons. The largest absolute Gasteiger partial charge is 0.469 e. The van der Waals surface area contributed by atoms with Crippen molar-refractivity contribution < 1.29 is 18.3 Å². The molecular formula is C11H8BrF2NO2. The Labute approximate surface area is 105 Å². The van der Waals surface area contributed by atoms with Crippen molar-refractivity contribution in [2.75, 3.05) is 7.11 Å². The van der Waals surface area contributed by atoms with E-state index in [1.807, 2.05) is 0 Å². The summed E-state index contributed by atoms with van der Waals surface area (Å²) in [5.74, 6) is -0.636. The summed E-state index contributed by atoms with van der Waals surface area (Å²) in [7, 11) is 1.17. The first-order valence-electron chi connectivity index (χ1n) is 4.57. The Balaban J connectivity index is 3.35. The van der Waals surface area contributed by atoms with Crippen LogP contribution in [-0.4, -0.2) is 13.1 Å². The fraction of sp³-hybridized carbons (Fsp3) is 0.273. The minimum Gasteiger partial charge on any atom is -0.469 e. The van der Waals surface area contributed by atoms with Crippen LogP contribution in [0.15, 0.2) is 16.6 Å². The Bertz CT molecular complexity index is 483. The van der Waals surface area contributed by atoms with Gasteiger partial charge in [-0.25, -0.2) is 8.78 Å². The van der Waals surface area contributed by atoms with Crippen LogP contribution in [0.3, 0.4) is 0 Å². The fourth-order valence-electron chi connectivity index (χ4n) is 1.38. The van der Waals surface area contributed by atoms with Gasteiger partial charge in [-0.2, -0.15) is 5.26 Å². The molecule has 0 unspecified atom stereocenters. The summed E-state index contributed by atoms with van der Waals surface area (Å²) in [6, 6.07) is 4.43.